The zero-order valence-corrected chi connectivity index (χ0v) is 41.6. The first-order chi connectivity index (χ1) is 34.1. The van der Waals surface area contributed by atoms with Gasteiger partial charge in [-0.25, -0.2) is 9.97 Å². The number of thiazole rings is 1. The van der Waals surface area contributed by atoms with Gasteiger partial charge >= 0.3 is 0 Å². The van der Waals surface area contributed by atoms with E-state index in [0.717, 1.165) is 41.3 Å². The van der Waals surface area contributed by atoms with Crippen molar-refractivity contribution < 1.29 is 58.7 Å². The summed E-state index contributed by atoms with van der Waals surface area (Å²) in [6, 6.07) is 16.9. The largest absolute Gasteiger partial charge is 0.493 e. The molecule has 29 heteroatoms. The van der Waals surface area contributed by atoms with Gasteiger partial charge < -0.3 is 20.7 Å². The molecule has 372 valence electrons. The van der Waals surface area contributed by atoms with E-state index in [4.69, 9.17) is 29.0 Å². The second-order valence-electron chi connectivity index (χ2n) is 15.3. The number of hydrogen-bond acceptors (Lipinski definition) is 20. The molecule has 0 bridgehead atoms. The minimum atomic E-state index is -4.88. The van der Waals surface area contributed by atoms with E-state index in [-0.39, 0.29) is 119 Å². The molecular formula is C43H35ClN10O13S5. The molecule has 0 aliphatic carbocycles. The van der Waals surface area contributed by atoms with Gasteiger partial charge in [0, 0.05) is 21.9 Å². The van der Waals surface area contributed by atoms with Crippen LogP contribution in [0.2, 0.25) is 5.02 Å². The molecule has 8 rings (SSSR count). The van der Waals surface area contributed by atoms with Gasteiger partial charge in [0.1, 0.15) is 33.2 Å². The summed E-state index contributed by atoms with van der Waals surface area (Å²) in [7, 11) is -13.9. The number of thioether (sulfide) groups is 1. The van der Waals surface area contributed by atoms with Gasteiger partial charge in [-0.2, -0.15) is 25.3 Å². The maximum atomic E-state index is 12.7. The summed E-state index contributed by atoms with van der Waals surface area (Å²) in [6.45, 7) is 6.63. The summed E-state index contributed by atoms with van der Waals surface area (Å²) in [5, 5.41) is 47.9. The molecule has 3 aromatic heterocycles. The van der Waals surface area contributed by atoms with E-state index < -0.39 is 58.4 Å². The number of nitrogens with zero attached hydrogens (tertiary/aromatic N) is 9. The number of rotatable bonds is 18. The van der Waals surface area contributed by atoms with E-state index in [1.807, 2.05) is 0 Å². The number of aromatic hydroxyl groups is 1. The number of fused-ring (bicyclic) bond motifs is 6. The molecule has 1 amide bonds. The van der Waals surface area contributed by atoms with Crippen LogP contribution in [-0.2, 0) is 37.0 Å². The van der Waals surface area contributed by atoms with Crippen molar-refractivity contribution in [2.45, 2.75) is 41.1 Å². The first-order valence-corrected chi connectivity index (χ1v) is 27.3. The number of halogens is 1. The fraction of sp³-hybridized carbons (Fsp3) is 0.163. The SMILES string of the molecule is [CH]CCOc1cc(N=Nc2c(C)c(C(N)=O)c3nc4ccccc4n3c2O)c(Cl)cc1N=Nc1cc(CO)c(N=Nc2nc3c(S(=O)(=O)O)cc4ccc(S(=O)(=O)O)cc4c3s2)cc1SCCCS(=O)(=O)O. The number of primary amides is 1. The molecule has 0 saturated carbocycles. The van der Waals surface area contributed by atoms with Crippen LogP contribution >= 0.6 is 34.7 Å². The normalized spacial score (nSPS) is 12.8. The van der Waals surface area contributed by atoms with Crippen LogP contribution in [0.15, 0.2) is 118 Å². The molecule has 0 aliphatic heterocycles. The van der Waals surface area contributed by atoms with Gasteiger partial charge in [-0.3, -0.25) is 22.9 Å². The lowest BCUT2D eigenvalue weighted by molar-refractivity contribution is 0.100. The Balaban J connectivity index is 1.17. The third-order valence-electron chi connectivity index (χ3n) is 10.5. The topological polar surface area (TPSA) is 360 Å². The van der Waals surface area contributed by atoms with E-state index in [1.165, 1.54) is 41.7 Å². The van der Waals surface area contributed by atoms with Gasteiger partial charge in [0.15, 0.2) is 5.65 Å². The number of aromatic nitrogens is 3. The zero-order valence-electron chi connectivity index (χ0n) is 36.8. The molecule has 72 heavy (non-hydrogen) atoms. The quantitative estimate of drug-likeness (QED) is 0.0201. The molecule has 0 saturated heterocycles. The summed E-state index contributed by atoms with van der Waals surface area (Å²) >= 11 is 8.58. The molecule has 23 nitrogen and oxygen atoms in total. The highest BCUT2D eigenvalue weighted by Gasteiger charge is 2.25. The molecule has 2 radical (unpaired) electrons. The maximum Gasteiger partial charge on any atom is 0.296 e. The van der Waals surface area contributed by atoms with Crippen LogP contribution in [-0.4, -0.2) is 87.5 Å². The standard InChI is InChI=1S/C43H35ClN10O13S5/c1-3-11-67-33-18-29(49-52-37-21(2)36(40(45)56)41-46-27-7-4-5-8-32(27)54(41)42(37)57)26(44)17-30(33)50-51-31-14-23(20-55)28(19-34(31)68-12-6-13-70(58,59)60)48-53-43-47-38-35(72(64,65)66)15-22-9-10-24(71(61,62)63)16-25(22)39(38)69-43/h1,4-5,7-10,14-19,55,57H,3,6,11-13,20H2,2H3,(H2,45,56)(H,58,59,60)(H,61,62,63)(H,64,65,66). The van der Waals surface area contributed by atoms with Crippen LogP contribution in [0.4, 0.5) is 33.6 Å². The van der Waals surface area contributed by atoms with E-state index in [0.29, 0.717) is 15.9 Å². The van der Waals surface area contributed by atoms with E-state index in [9.17, 15) is 53.9 Å². The number of ether oxygens (including phenoxy) is 1. The third kappa shape index (κ3) is 10.9. The Bertz CT molecular complexity index is 3980. The molecule has 0 atom stereocenters. The highest BCUT2D eigenvalue weighted by Crippen LogP contribution is 2.45. The lowest BCUT2D eigenvalue weighted by Gasteiger charge is -2.12. The van der Waals surface area contributed by atoms with Crippen LogP contribution in [0, 0.1) is 13.8 Å². The Morgan fingerprint density at radius 1 is 0.875 bits per heavy atom. The van der Waals surface area contributed by atoms with Crippen molar-refractivity contribution >= 4 is 142 Å². The van der Waals surface area contributed by atoms with Crippen molar-refractivity contribution in [1.29, 1.82) is 0 Å². The Morgan fingerprint density at radius 3 is 2.29 bits per heavy atom. The lowest BCUT2D eigenvalue weighted by atomic mass is 10.1. The second-order valence-corrected chi connectivity index (χ2v) is 22.2. The summed E-state index contributed by atoms with van der Waals surface area (Å²) in [5.41, 5.74) is 7.03. The number of hydrogen-bond donors (Lipinski definition) is 6. The number of pyridine rings is 1. The Morgan fingerprint density at radius 2 is 1.60 bits per heavy atom. The minimum absolute atomic E-state index is 0.00301. The number of amides is 1. The molecule has 3 heterocycles. The van der Waals surface area contributed by atoms with Gasteiger partial charge in [0.05, 0.1) is 61.6 Å². The van der Waals surface area contributed by atoms with Gasteiger partial charge in [0.2, 0.25) is 11.0 Å². The summed E-state index contributed by atoms with van der Waals surface area (Å²) in [4.78, 5) is 20.6. The fourth-order valence-corrected chi connectivity index (χ4v) is 11.2. The smallest absolute Gasteiger partial charge is 0.296 e. The van der Waals surface area contributed by atoms with E-state index in [2.05, 4.69) is 40.7 Å². The number of carbonyl (C=O) groups excluding carboxylic acids is 1. The number of azo groups is 3. The fourth-order valence-electron chi connectivity index (χ4n) is 7.23. The molecule has 7 N–H and O–H groups in total. The first kappa shape index (κ1) is 51.7. The van der Waals surface area contributed by atoms with Gasteiger partial charge in [0.25, 0.3) is 36.3 Å². The predicted molar refractivity (Wildman–Crippen MR) is 267 cm³/mol. The molecule has 8 aromatic rings. The summed E-state index contributed by atoms with van der Waals surface area (Å²) in [5.74, 6) is -1.58. The monoisotopic (exact) mass is 1090 g/mol. The molecule has 0 fully saturated rings. The number of aliphatic hydroxyl groups excluding tert-OH is 1. The van der Waals surface area contributed by atoms with Crippen LogP contribution in [0.5, 0.6) is 11.6 Å². The van der Waals surface area contributed by atoms with Crippen molar-refractivity contribution in [3.63, 3.8) is 0 Å². The Kier molecular flexibility index (Phi) is 14.7. The average molecular weight is 1100 g/mol. The van der Waals surface area contributed by atoms with Crippen molar-refractivity contribution in [1.82, 2.24) is 14.4 Å². The van der Waals surface area contributed by atoms with Crippen molar-refractivity contribution in [3.05, 3.63) is 101 Å². The predicted octanol–water partition coefficient (Wildman–Crippen LogP) is 10.1. The zero-order chi connectivity index (χ0) is 51.9. The number of benzene rings is 5. The van der Waals surface area contributed by atoms with Gasteiger partial charge in [-0.05, 0) is 91.9 Å². The van der Waals surface area contributed by atoms with E-state index >= 15 is 0 Å². The van der Waals surface area contributed by atoms with Crippen LogP contribution < -0.4 is 10.5 Å². The van der Waals surface area contributed by atoms with Gasteiger partial charge in [-0.15, -0.1) is 42.4 Å². The van der Waals surface area contributed by atoms with Crippen LogP contribution in [0.1, 0.15) is 34.3 Å². The summed E-state index contributed by atoms with van der Waals surface area (Å²) < 4.78 is 108. The molecule has 0 spiro atoms. The first-order valence-electron chi connectivity index (χ1n) is 20.6. The lowest BCUT2D eigenvalue weighted by Crippen LogP contribution is -2.15. The highest BCUT2D eigenvalue weighted by molar-refractivity contribution is 7.99. The van der Waals surface area contributed by atoms with Crippen LogP contribution in [0.3, 0.4) is 0 Å². The van der Waals surface area contributed by atoms with Crippen LogP contribution in [0.25, 0.3) is 37.7 Å². The van der Waals surface area contributed by atoms with Crippen molar-refractivity contribution in [3.8, 4) is 11.6 Å². The van der Waals surface area contributed by atoms with E-state index in [1.54, 1.807) is 24.3 Å². The second kappa shape index (κ2) is 20.5. The third-order valence-corrected chi connectivity index (χ3v) is 15.4. The maximum absolute atomic E-state index is 12.7. The van der Waals surface area contributed by atoms with Gasteiger partial charge in [-0.1, -0.05) is 41.1 Å². The number of imidazole rings is 1. The summed E-state index contributed by atoms with van der Waals surface area (Å²) in [6.07, 6.45) is 0.0623. The van der Waals surface area contributed by atoms with Crippen molar-refractivity contribution in [2.24, 2.45) is 36.4 Å². The minimum Gasteiger partial charge on any atom is -0.493 e. The van der Waals surface area contributed by atoms with Crippen molar-refractivity contribution in [2.75, 3.05) is 18.1 Å². The molecule has 0 aliphatic rings. The Hall–Kier alpha value is -6.60. The number of para-hydroxylation sites is 2. The average Bonchev–Trinajstić information content (AvgIpc) is 3.92. The molecular weight excluding hydrogens is 1060 g/mol. The highest BCUT2D eigenvalue weighted by atomic mass is 35.5. The number of aliphatic hydroxyl groups is 1. The molecule has 5 aromatic carbocycles. The molecule has 0 unspecified atom stereocenters. The Labute approximate surface area is 421 Å². The number of carbonyl (C=O) groups is 1. The number of nitrogens with two attached hydrogens (primary N) is 1.